The molecule has 2 N–H and O–H groups in total. The van der Waals surface area contributed by atoms with Gasteiger partial charge in [-0.15, -0.1) is 0 Å². The first-order valence-corrected chi connectivity index (χ1v) is 10.0. The molecule has 0 saturated heterocycles. The lowest BCUT2D eigenvalue weighted by Crippen LogP contribution is -2.26. The summed E-state index contributed by atoms with van der Waals surface area (Å²) in [6, 6.07) is 11.4. The van der Waals surface area contributed by atoms with Gasteiger partial charge in [0.2, 0.25) is 5.91 Å². The van der Waals surface area contributed by atoms with E-state index in [9.17, 15) is 9.59 Å². The Morgan fingerprint density at radius 1 is 0.931 bits per heavy atom. The Morgan fingerprint density at radius 2 is 1.72 bits per heavy atom. The van der Waals surface area contributed by atoms with Crippen LogP contribution in [0, 0.1) is 20.8 Å². The lowest BCUT2D eigenvalue weighted by atomic mass is 10.0. The minimum Gasteiger partial charge on any atom is -0.348 e. The van der Waals surface area contributed by atoms with Crippen LogP contribution in [0.5, 0.6) is 0 Å². The van der Waals surface area contributed by atoms with Gasteiger partial charge >= 0.3 is 0 Å². The Balaban J connectivity index is 1.64. The summed E-state index contributed by atoms with van der Waals surface area (Å²) in [5.74, 6) is -0.235. The fourth-order valence-electron chi connectivity index (χ4n) is 3.27. The van der Waals surface area contributed by atoms with Crippen LogP contribution < -0.4 is 10.6 Å². The molecule has 1 aliphatic rings. The third kappa shape index (κ3) is 5.67. The van der Waals surface area contributed by atoms with Crippen molar-refractivity contribution in [2.75, 3.05) is 11.9 Å². The zero-order chi connectivity index (χ0) is 20.8. The number of aryl methyl sites for hydroxylation is 3. The van der Waals surface area contributed by atoms with Crippen molar-refractivity contribution in [3.05, 3.63) is 88.0 Å². The van der Waals surface area contributed by atoms with E-state index in [-0.39, 0.29) is 11.8 Å². The molecule has 1 aliphatic carbocycles. The molecule has 4 heteroatoms. The SMILES string of the molecule is Cc1ccc(CC(=O)Nc2cc(C(=O)NCC3=CCCC=C3)ccc2C)cc1C. The monoisotopic (exact) mass is 388 g/mol. The van der Waals surface area contributed by atoms with Gasteiger partial charge in [0.15, 0.2) is 0 Å². The Kier molecular flexibility index (Phi) is 6.65. The summed E-state index contributed by atoms with van der Waals surface area (Å²) in [4.78, 5) is 25.0. The minimum absolute atomic E-state index is 0.0913. The first kappa shape index (κ1) is 20.6. The van der Waals surface area contributed by atoms with E-state index in [4.69, 9.17) is 0 Å². The highest BCUT2D eigenvalue weighted by Crippen LogP contribution is 2.18. The molecule has 0 heterocycles. The van der Waals surface area contributed by atoms with E-state index in [1.165, 1.54) is 11.1 Å². The summed E-state index contributed by atoms with van der Waals surface area (Å²) >= 11 is 0. The van der Waals surface area contributed by atoms with E-state index in [0.717, 1.165) is 29.5 Å². The largest absolute Gasteiger partial charge is 0.348 e. The Labute approximate surface area is 172 Å². The van der Waals surface area contributed by atoms with E-state index in [1.54, 1.807) is 12.1 Å². The average Bonchev–Trinajstić information content (AvgIpc) is 2.71. The third-order valence-corrected chi connectivity index (χ3v) is 5.23. The Hall–Kier alpha value is -3.14. The Bertz CT molecular complexity index is 986. The molecular formula is C25H28N2O2. The lowest BCUT2D eigenvalue weighted by molar-refractivity contribution is -0.115. The van der Waals surface area contributed by atoms with Crippen LogP contribution in [-0.4, -0.2) is 18.4 Å². The number of hydrogen-bond donors (Lipinski definition) is 2. The van der Waals surface area contributed by atoms with Gasteiger partial charge in [0.25, 0.3) is 5.91 Å². The van der Waals surface area contributed by atoms with E-state index < -0.39 is 0 Å². The van der Waals surface area contributed by atoms with Crippen LogP contribution in [0.3, 0.4) is 0 Å². The maximum Gasteiger partial charge on any atom is 0.251 e. The number of rotatable bonds is 6. The number of nitrogens with one attached hydrogen (secondary N) is 2. The van der Waals surface area contributed by atoms with Crippen molar-refractivity contribution in [3.8, 4) is 0 Å². The molecule has 4 nitrogen and oxygen atoms in total. The first-order valence-electron chi connectivity index (χ1n) is 10.0. The lowest BCUT2D eigenvalue weighted by Gasteiger charge is -2.12. The minimum atomic E-state index is -0.144. The van der Waals surface area contributed by atoms with Crippen LogP contribution in [0.15, 0.2) is 60.2 Å². The maximum atomic E-state index is 12.5. The molecule has 0 fully saturated rings. The number of carbonyl (C=O) groups is 2. The van der Waals surface area contributed by atoms with Crippen LogP contribution >= 0.6 is 0 Å². The molecule has 0 spiro atoms. The van der Waals surface area contributed by atoms with Gasteiger partial charge in [-0.1, -0.05) is 42.5 Å². The topological polar surface area (TPSA) is 58.2 Å². The van der Waals surface area contributed by atoms with Crippen LogP contribution in [0.4, 0.5) is 5.69 Å². The van der Waals surface area contributed by atoms with Gasteiger partial charge in [-0.2, -0.15) is 0 Å². The van der Waals surface area contributed by atoms with Crippen molar-refractivity contribution in [1.29, 1.82) is 0 Å². The van der Waals surface area contributed by atoms with Crippen molar-refractivity contribution in [2.45, 2.75) is 40.0 Å². The highest BCUT2D eigenvalue weighted by molar-refractivity contribution is 5.98. The summed E-state index contributed by atoms with van der Waals surface area (Å²) in [6.07, 6.45) is 8.70. The van der Waals surface area contributed by atoms with E-state index in [2.05, 4.69) is 35.8 Å². The molecular weight excluding hydrogens is 360 g/mol. The predicted molar refractivity (Wildman–Crippen MR) is 118 cm³/mol. The van der Waals surface area contributed by atoms with Gasteiger partial charge in [0.1, 0.15) is 0 Å². The number of anilines is 1. The van der Waals surface area contributed by atoms with Gasteiger partial charge < -0.3 is 10.6 Å². The Morgan fingerprint density at radius 3 is 2.45 bits per heavy atom. The molecule has 2 amide bonds. The van der Waals surface area contributed by atoms with Gasteiger partial charge in [-0.3, -0.25) is 9.59 Å². The number of amides is 2. The predicted octanol–water partition coefficient (Wildman–Crippen LogP) is 4.80. The maximum absolute atomic E-state index is 12.5. The second-order valence-electron chi connectivity index (χ2n) is 7.61. The zero-order valence-electron chi connectivity index (χ0n) is 17.3. The zero-order valence-corrected chi connectivity index (χ0v) is 17.3. The second-order valence-corrected chi connectivity index (χ2v) is 7.61. The van der Waals surface area contributed by atoms with Crippen molar-refractivity contribution in [1.82, 2.24) is 5.32 Å². The number of allylic oxidation sites excluding steroid dienone is 2. The number of carbonyl (C=O) groups excluding carboxylic acids is 2. The molecule has 0 bridgehead atoms. The van der Waals surface area contributed by atoms with Crippen LogP contribution in [0.1, 0.15) is 45.5 Å². The molecule has 2 aromatic carbocycles. The summed E-state index contributed by atoms with van der Waals surface area (Å²) in [7, 11) is 0. The first-order chi connectivity index (χ1) is 13.9. The van der Waals surface area contributed by atoms with Crippen molar-refractivity contribution >= 4 is 17.5 Å². The highest BCUT2D eigenvalue weighted by Gasteiger charge is 2.11. The molecule has 0 atom stereocenters. The summed E-state index contributed by atoms with van der Waals surface area (Å²) in [6.45, 7) is 6.53. The smallest absolute Gasteiger partial charge is 0.251 e. The van der Waals surface area contributed by atoms with Gasteiger partial charge in [-0.25, -0.2) is 0 Å². The van der Waals surface area contributed by atoms with Gasteiger partial charge in [0, 0.05) is 17.8 Å². The fourth-order valence-corrected chi connectivity index (χ4v) is 3.27. The second kappa shape index (κ2) is 9.37. The summed E-state index contributed by atoms with van der Waals surface area (Å²) < 4.78 is 0. The van der Waals surface area contributed by atoms with Crippen LogP contribution in [-0.2, 0) is 11.2 Å². The normalized spacial score (nSPS) is 13.0. The number of hydrogen-bond acceptors (Lipinski definition) is 2. The molecule has 29 heavy (non-hydrogen) atoms. The van der Waals surface area contributed by atoms with Crippen LogP contribution in [0.2, 0.25) is 0 Å². The van der Waals surface area contributed by atoms with Crippen molar-refractivity contribution in [3.63, 3.8) is 0 Å². The van der Waals surface area contributed by atoms with E-state index in [1.807, 2.05) is 38.1 Å². The van der Waals surface area contributed by atoms with Gasteiger partial charge in [0.05, 0.1) is 6.42 Å². The molecule has 3 rings (SSSR count). The molecule has 2 aromatic rings. The molecule has 0 aromatic heterocycles. The number of benzene rings is 2. The third-order valence-electron chi connectivity index (χ3n) is 5.23. The van der Waals surface area contributed by atoms with E-state index in [0.29, 0.717) is 24.2 Å². The van der Waals surface area contributed by atoms with Crippen LogP contribution in [0.25, 0.3) is 0 Å². The fraction of sp³-hybridized carbons (Fsp3) is 0.280. The molecule has 0 aliphatic heterocycles. The van der Waals surface area contributed by atoms with Crippen molar-refractivity contribution < 1.29 is 9.59 Å². The molecule has 150 valence electrons. The molecule has 0 radical (unpaired) electrons. The quantitative estimate of drug-likeness (QED) is 0.747. The highest BCUT2D eigenvalue weighted by atomic mass is 16.2. The van der Waals surface area contributed by atoms with Crippen molar-refractivity contribution in [2.24, 2.45) is 0 Å². The van der Waals surface area contributed by atoms with Gasteiger partial charge in [-0.05, 0) is 73.6 Å². The molecule has 0 saturated carbocycles. The van der Waals surface area contributed by atoms with E-state index >= 15 is 0 Å². The standard InChI is InChI=1S/C25H28N2O2/c1-17-9-11-21(13-19(17)3)14-24(28)27-23-15-22(12-10-18(23)2)25(29)26-16-20-7-5-4-6-8-20/h5,7-13,15H,4,6,14,16H2,1-3H3,(H,26,29)(H,27,28). The summed E-state index contributed by atoms with van der Waals surface area (Å²) in [5, 5.41) is 5.90. The summed E-state index contributed by atoms with van der Waals surface area (Å²) in [5.41, 5.74) is 6.62. The average molecular weight is 389 g/mol. The molecule has 0 unspecified atom stereocenters.